The number of ether oxygens (including phenoxy) is 3. The zero-order chi connectivity index (χ0) is 21.1. The molecule has 0 radical (unpaired) electrons. The average Bonchev–Trinajstić information content (AvgIpc) is 3.42. The quantitative estimate of drug-likeness (QED) is 0.665. The van der Waals surface area contributed by atoms with E-state index in [4.69, 9.17) is 14.2 Å². The Morgan fingerprint density at radius 2 is 1.94 bits per heavy atom. The molecule has 0 amide bonds. The molecule has 2 heterocycles. The van der Waals surface area contributed by atoms with Gasteiger partial charge in [0.15, 0.2) is 17.3 Å². The van der Waals surface area contributed by atoms with Crippen LogP contribution in [-0.4, -0.2) is 33.3 Å². The highest BCUT2D eigenvalue weighted by molar-refractivity contribution is 6.10. The Bertz CT molecular complexity index is 1220. The maximum atomic E-state index is 13.6. The van der Waals surface area contributed by atoms with E-state index in [-0.39, 0.29) is 18.6 Å². The summed E-state index contributed by atoms with van der Waals surface area (Å²) in [6.45, 7) is 1.18. The van der Waals surface area contributed by atoms with E-state index in [1.165, 1.54) is 27.0 Å². The van der Waals surface area contributed by atoms with Gasteiger partial charge in [-0.05, 0) is 46.4 Å². The molecule has 0 aromatic heterocycles. The molecule has 0 saturated heterocycles. The summed E-state index contributed by atoms with van der Waals surface area (Å²) in [5, 5.41) is 2.39. The van der Waals surface area contributed by atoms with E-state index in [1.807, 2.05) is 6.07 Å². The Balaban J connectivity index is 1.42. The third-order valence-corrected chi connectivity index (χ3v) is 7.25. The van der Waals surface area contributed by atoms with Gasteiger partial charge in [-0.1, -0.05) is 30.3 Å². The number of hydrogen-bond acceptors (Lipinski definition) is 4. The maximum Gasteiger partial charge on any atom is 0.231 e. The molecule has 6 rings (SSSR count). The molecule has 0 bridgehead atoms. The lowest BCUT2D eigenvalue weighted by Gasteiger charge is -2.32. The maximum absolute atomic E-state index is 13.6. The van der Waals surface area contributed by atoms with E-state index >= 15 is 0 Å². The van der Waals surface area contributed by atoms with Crippen molar-refractivity contribution in [3.8, 4) is 17.2 Å². The van der Waals surface area contributed by atoms with Crippen molar-refractivity contribution in [1.29, 1.82) is 0 Å². The van der Waals surface area contributed by atoms with Crippen molar-refractivity contribution in [1.82, 2.24) is 0 Å². The molecule has 31 heavy (non-hydrogen) atoms. The van der Waals surface area contributed by atoms with E-state index in [0.717, 1.165) is 53.8 Å². The number of quaternary nitrogens is 1. The lowest BCUT2D eigenvalue weighted by molar-refractivity contribution is -0.913. The number of nitrogens with one attached hydrogen (secondary N) is 1. The number of carbonyl (C=O) groups is 1. The van der Waals surface area contributed by atoms with E-state index in [2.05, 4.69) is 37.4 Å². The van der Waals surface area contributed by atoms with Crippen LogP contribution in [-0.2, 0) is 19.3 Å². The zero-order valence-corrected chi connectivity index (χ0v) is 17.9. The van der Waals surface area contributed by atoms with E-state index in [0.29, 0.717) is 12.2 Å². The third-order valence-electron chi connectivity index (χ3n) is 7.25. The summed E-state index contributed by atoms with van der Waals surface area (Å²) in [4.78, 5) is 15.0. The molecule has 2 atom stereocenters. The van der Waals surface area contributed by atoms with Crippen LogP contribution in [0.3, 0.4) is 0 Å². The first-order chi connectivity index (χ1) is 15.2. The van der Waals surface area contributed by atoms with Crippen LogP contribution in [0.1, 0.15) is 45.1 Å². The first-order valence-electron chi connectivity index (χ1n) is 11.0. The second-order valence-corrected chi connectivity index (χ2v) is 8.85. The molecular weight excluding hydrogens is 390 g/mol. The largest absolute Gasteiger partial charge is 0.492 e. The molecule has 5 nitrogen and oxygen atoms in total. The Kier molecular flexibility index (Phi) is 4.22. The Hall–Kier alpha value is -3.05. The summed E-state index contributed by atoms with van der Waals surface area (Å²) in [5.74, 6) is 2.32. The summed E-state index contributed by atoms with van der Waals surface area (Å²) in [6.07, 6.45) is 3.50. The van der Waals surface area contributed by atoms with Crippen molar-refractivity contribution in [2.45, 2.75) is 31.7 Å². The predicted octanol–water partition coefficient (Wildman–Crippen LogP) is 3.06. The van der Waals surface area contributed by atoms with Gasteiger partial charge in [0.2, 0.25) is 12.5 Å². The zero-order valence-electron chi connectivity index (χ0n) is 17.9. The number of carbonyl (C=O) groups excluding carboxylic acids is 1. The topological polar surface area (TPSA) is 49.2 Å². The number of likely N-dealkylation sites (N-methyl/N-ethyl adjacent to an activating group) is 1. The van der Waals surface area contributed by atoms with Crippen molar-refractivity contribution in [3.63, 3.8) is 0 Å². The number of rotatable bonds is 4. The summed E-state index contributed by atoms with van der Waals surface area (Å²) < 4.78 is 17.1. The molecule has 0 fully saturated rings. The van der Waals surface area contributed by atoms with Gasteiger partial charge in [-0.25, -0.2) is 0 Å². The highest BCUT2D eigenvalue weighted by Crippen LogP contribution is 2.48. The van der Waals surface area contributed by atoms with Crippen LogP contribution < -0.4 is 19.1 Å². The minimum absolute atomic E-state index is 0.0173. The predicted molar refractivity (Wildman–Crippen MR) is 118 cm³/mol. The normalized spacial score (nSPS) is 20.7. The van der Waals surface area contributed by atoms with Crippen molar-refractivity contribution in [2.24, 2.45) is 0 Å². The van der Waals surface area contributed by atoms with E-state index in [9.17, 15) is 4.79 Å². The second-order valence-electron chi connectivity index (χ2n) is 8.85. The molecule has 3 aliphatic rings. The molecule has 3 aromatic rings. The first kappa shape index (κ1) is 18.7. The summed E-state index contributed by atoms with van der Waals surface area (Å²) >= 11 is 0. The Morgan fingerprint density at radius 3 is 2.77 bits per heavy atom. The lowest BCUT2D eigenvalue weighted by Crippen LogP contribution is -3.10. The number of methoxy groups -OCH3 is 1. The van der Waals surface area contributed by atoms with Gasteiger partial charge in [-0.15, -0.1) is 0 Å². The number of hydrogen-bond donors (Lipinski definition) is 1. The van der Waals surface area contributed by atoms with E-state index < -0.39 is 0 Å². The smallest absolute Gasteiger partial charge is 0.231 e. The van der Waals surface area contributed by atoms with Gasteiger partial charge < -0.3 is 19.1 Å². The molecule has 1 N–H and O–H groups in total. The highest BCUT2D eigenvalue weighted by Gasteiger charge is 2.38. The average molecular weight is 416 g/mol. The molecule has 0 spiro atoms. The van der Waals surface area contributed by atoms with Gasteiger partial charge >= 0.3 is 0 Å². The number of benzene rings is 3. The van der Waals surface area contributed by atoms with Crippen molar-refractivity contribution >= 4 is 16.6 Å². The van der Waals surface area contributed by atoms with Crippen LogP contribution in [0.4, 0.5) is 0 Å². The Labute approximate surface area is 181 Å². The fourth-order valence-electron chi connectivity index (χ4n) is 5.68. The van der Waals surface area contributed by atoms with Gasteiger partial charge in [0, 0.05) is 12.0 Å². The molecule has 2 aliphatic heterocycles. The van der Waals surface area contributed by atoms with Crippen molar-refractivity contribution in [3.05, 3.63) is 64.2 Å². The fraction of sp³-hybridized carbons (Fsp3) is 0.346. The van der Waals surface area contributed by atoms with Gasteiger partial charge in [-0.2, -0.15) is 0 Å². The van der Waals surface area contributed by atoms with Crippen LogP contribution in [0.15, 0.2) is 36.4 Å². The standard InChI is InChI=1S/C26H25NO4/c1-27-11-10-17-12-22-25(31-14-30-22)26(29-2)24(17)20(27)13-21(28)18-9-8-16-7-6-15-4-3-5-19(18)23(15)16/h3-5,8-9,12,20H,6-7,10-11,13-14H2,1-2H3/p+1/t20-/m0/s1. The van der Waals surface area contributed by atoms with Crippen LogP contribution >= 0.6 is 0 Å². The lowest BCUT2D eigenvalue weighted by atomic mass is 9.86. The Morgan fingerprint density at radius 1 is 1.10 bits per heavy atom. The van der Waals surface area contributed by atoms with Gasteiger partial charge in [0.05, 0.1) is 32.7 Å². The molecule has 1 unspecified atom stereocenters. The minimum Gasteiger partial charge on any atom is -0.492 e. The fourth-order valence-corrected chi connectivity index (χ4v) is 5.68. The first-order valence-corrected chi connectivity index (χ1v) is 11.0. The van der Waals surface area contributed by atoms with Crippen molar-refractivity contribution < 1.29 is 23.9 Å². The third kappa shape index (κ3) is 2.76. The van der Waals surface area contributed by atoms with E-state index in [1.54, 1.807) is 7.11 Å². The summed E-state index contributed by atoms with van der Waals surface area (Å²) in [7, 11) is 3.84. The van der Waals surface area contributed by atoms with Crippen LogP contribution in [0.25, 0.3) is 10.8 Å². The van der Waals surface area contributed by atoms with Crippen LogP contribution in [0.2, 0.25) is 0 Å². The van der Waals surface area contributed by atoms with Crippen molar-refractivity contribution in [2.75, 3.05) is 27.5 Å². The number of fused-ring (bicyclic) bond motifs is 2. The SMILES string of the molecule is COc1c2c(cc3c1[C@H](CC(=O)c1ccc4c5c(cccc15)CC4)[NH+](C)CC3)OCO2. The number of Topliss-reactive ketones (excluding diaryl/α,β-unsaturated/α-hetero) is 1. The molecule has 5 heteroatoms. The molecule has 158 valence electrons. The second kappa shape index (κ2) is 6.99. The molecule has 3 aromatic carbocycles. The van der Waals surface area contributed by atoms with Gasteiger partial charge in [0.1, 0.15) is 6.04 Å². The summed E-state index contributed by atoms with van der Waals surface area (Å²) in [5.41, 5.74) is 5.85. The minimum atomic E-state index is 0.0173. The van der Waals surface area contributed by atoms with Crippen LogP contribution in [0.5, 0.6) is 17.2 Å². The molecule has 1 aliphatic carbocycles. The monoisotopic (exact) mass is 416 g/mol. The van der Waals surface area contributed by atoms with Crippen LogP contribution in [0, 0.1) is 0 Å². The molecular formula is C26H26NO4+. The highest BCUT2D eigenvalue weighted by atomic mass is 16.7. The molecule has 0 saturated carbocycles. The number of aryl methyl sites for hydroxylation is 2. The summed E-state index contributed by atoms with van der Waals surface area (Å²) in [6, 6.07) is 12.6. The van der Waals surface area contributed by atoms with Gasteiger partial charge in [-0.3, -0.25) is 4.79 Å². The van der Waals surface area contributed by atoms with Gasteiger partial charge in [0.25, 0.3) is 0 Å². The number of ketones is 1.